The number of aliphatic hydroxyl groups excluding tert-OH is 1. The van der Waals surface area contributed by atoms with Crippen LogP contribution in [-0.2, 0) is 26.2 Å². The second kappa shape index (κ2) is 11.1. The first kappa shape index (κ1) is 25.8. The van der Waals surface area contributed by atoms with E-state index in [0.29, 0.717) is 16.3 Å². The lowest BCUT2D eigenvalue weighted by molar-refractivity contribution is -0.130. The maximum absolute atomic E-state index is 13.0. The minimum atomic E-state index is -4.15. The zero-order valence-electron chi connectivity index (χ0n) is 19.0. The van der Waals surface area contributed by atoms with Crippen LogP contribution in [0.1, 0.15) is 18.1 Å². The summed E-state index contributed by atoms with van der Waals surface area (Å²) in [6.07, 6.45) is 0. The van der Waals surface area contributed by atoms with E-state index in [2.05, 4.69) is 15.4 Å². The molecule has 0 bridgehead atoms. The van der Waals surface area contributed by atoms with Gasteiger partial charge in [-0.2, -0.15) is 4.72 Å². The Morgan fingerprint density at radius 2 is 1.66 bits per heavy atom. The number of nitrogens with one attached hydrogen (secondary N) is 4. The monoisotopic (exact) mass is 497 g/mol. The fraction of sp³-hybridized carbons (Fsp3) is 0.208. The van der Waals surface area contributed by atoms with Gasteiger partial charge in [-0.15, -0.1) is 0 Å². The lowest BCUT2D eigenvalue weighted by Gasteiger charge is -2.20. The molecule has 0 aliphatic carbocycles. The molecule has 3 aromatic carbocycles. The van der Waals surface area contributed by atoms with E-state index in [1.54, 1.807) is 60.7 Å². The maximum Gasteiger partial charge on any atom is 0.242 e. The van der Waals surface area contributed by atoms with E-state index in [-0.39, 0.29) is 17.3 Å². The van der Waals surface area contributed by atoms with Crippen molar-refractivity contribution in [3.05, 3.63) is 77.9 Å². The molecule has 0 saturated heterocycles. The van der Waals surface area contributed by atoms with Gasteiger partial charge in [0.25, 0.3) is 0 Å². The van der Waals surface area contributed by atoms with Crippen LogP contribution in [-0.4, -0.2) is 49.9 Å². The Morgan fingerprint density at radius 1 is 1.00 bits per heavy atom. The van der Waals surface area contributed by atoms with Crippen LogP contribution >= 0.6 is 0 Å². The van der Waals surface area contributed by atoms with Crippen molar-refractivity contribution < 1.29 is 23.1 Å². The first-order valence-electron chi connectivity index (χ1n) is 10.7. The van der Waals surface area contributed by atoms with Gasteiger partial charge in [0.05, 0.1) is 11.5 Å². The average molecular weight is 498 g/mol. The summed E-state index contributed by atoms with van der Waals surface area (Å²) in [5, 5.41) is 23.3. The van der Waals surface area contributed by atoms with E-state index in [1.165, 1.54) is 13.0 Å². The summed E-state index contributed by atoms with van der Waals surface area (Å²) in [4.78, 5) is 25.0. The Bertz CT molecular complexity index is 1340. The highest BCUT2D eigenvalue weighted by Gasteiger charge is 2.28. The normalized spacial score (nSPS) is 13.1. The average Bonchev–Trinajstić information content (AvgIpc) is 2.85. The number of aliphatic hydroxyl groups is 1. The van der Waals surface area contributed by atoms with E-state index < -0.39 is 40.5 Å². The highest BCUT2D eigenvalue weighted by molar-refractivity contribution is 7.89. The molecular formula is C24H27N5O5S. The largest absolute Gasteiger partial charge is 0.394 e. The molecule has 0 heterocycles. The van der Waals surface area contributed by atoms with Crippen LogP contribution in [0, 0.1) is 5.41 Å². The molecule has 11 heteroatoms. The molecule has 3 rings (SSSR count). The molecule has 3 aromatic rings. The van der Waals surface area contributed by atoms with E-state index >= 15 is 0 Å². The van der Waals surface area contributed by atoms with Gasteiger partial charge in [-0.1, -0.05) is 60.7 Å². The Labute approximate surface area is 203 Å². The number of nitrogens with two attached hydrogens (primary N) is 1. The fourth-order valence-electron chi connectivity index (χ4n) is 3.38. The molecule has 2 amide bonds. The van der Waals surface area contributed by atoms with E-state index in [1.807, 2.05) is 0 Å². The van der Waals surface area contributed by atoms with Gasteiger partial charge in [0.15, 0.2) is 0 Å². The van der Waals surface area contributed by atoms with Crippen LogP contribution in [0.25, 0.3) is 10.8 Å². The van der Waals surface area contributed by atoms with Gasteiger partial charge in [-0.25, -0.2) is 8.42 Å². The molecule has 0 aliphatic heterocycles. The van der Waals surface area contributed by atoms with Crippen molar-refractivity contribution in [1.29, 1.82) is 5.41 Å². The van der Waals surface area contributed by atoms with Gasteiger partial charge in [-0.3, -0.25) is 15.0 Å². The zero-order valence-corrected chi connectivity index (χ0v) is 19.8. The summed E-state index contributed by atoms with van der Waals surface area (Å²) in [5.74, 6) is -1.40. The molecule has 0 fully saturated rings. The molecule has 35 heavy (non-hydrogen) atoms. The minimum absolute atomic E-state index is 0.0246. The third-order valence-electron chi connectivity index (χ3n) is 5.32. The van der Waals surface area contributed by atoms with Crippen molar-refractivity contribution in [2.75, 3.05) is 6.61 Å². The number of carbonyl (C=O) groups is 2. The van der Waals surface area contributed by atoms with Crippen molar-refractivity contribution in [1.82, 2.24) is 15.4 Å². The molecule has 0 spiro atoms. The quantitative estimate of drug-likeness (QED) is 0.176. The third kappa shape index (κ3) is 6.41. The number of amidine groups is 1. The molecule has 10 nitrogen and oxygen atoms in total. The zero-order chi connectivity index (χ0) is 25.6. The number of nitrogen functional groups attached to an aromatic ring is 1. The number of sulfonamides is 1. The number of amides is 2. The molecule has 2 atom stereocenters. The molecule has 184 valence electrons. The van der Waals surface area contributed by atoms with Gasteiger partial charge in [0, 0.05) is 17.5 Å². The second-order valence-corrected chi connectivity index (χ2v) is 9.57. The number of hydrogen-bond donors (Lipinski definition) is 6. The first-order valence-corrected chi connectivity index (χ1v) is 12.2. The molecule has 0 aliphatic rings. The summed E-state index contributed by atoms with van der Waals surface area (Å²) < 4.78 is 28.1. The van der Waals surface area contributed by atoms with Gasteiger partial charge in [0.1, 0.15) is 17.9 Å². The van der Waals surface area contributed by atoms with Gasteiger partial charge >= 0.3 is 0 Å². The van der Waals surface area contributed by atoms with Crippen LogP contribution in [0.4, 0.5) is 0 Å². The highest BCUT2D eigenvalue weighted by atomic mass is 32.2. The van der Waals surface area contributed by atoms with Crippen LogP contribution < -0.4 is 21.1 Å². The number of fused-ring (bicyclic) bond motifs is 1. The molecule has 2 unspecified atom stereocenters. The van der Waals surface area contributed by atoms with Crippen molar-refractivity contribution >= 4 is 38.4 Å². The van der Waals surface area contributed by atoms with Crippen molar-refractivity contribution in [2.24, 2.45) is 5.73 Å². The molecule has 0 saturated carbocycles. The molecule has 0 radical (unpaired) electrons. The van der Waals surface area contributed by atoms with Crippen LogP contribution in [0.3, 0.4) is 0 Å². The summed E-state index contributed by atoms with van der Waals surface area (Å²) in [5.41, 5.74) is 6.74. The highest BCUT2D eigenvalue weighted by Crippen LogP contribution is 2.22. The molecule has 7 N–H and O–H groups in total. The molecular weight excluding hydrogens is 470 g/mol. The van der Waals surface area contributed by atoms with Gasteiger partial charge in [-0.05, 0) is 23.9 Å². The standard InChI is InChI=1S/C24H27N5O5S/c1-15(23(31)27-13-16-9-11-18(12-10-16)22(25)26)28-24(32)20(14-30)29-35(33,34)21-8-4-6-17-5-2-3-7-19(17)21/h2-12,15,20,29-30H,13-14H2,1H3,(H3,25,26)(H,27,31)(H,28,32). The van der Waals surface area contributed by atoms with Gasteiger partial charge in [0.2, 0.25) is 21.8 Å². The van der Waals surface area contributed by atoms with Crippen LogP contribution in [0.15, 0.2) is 71.6 Å². The SMILES string of the molecule is CC(NC(=O)C(CO)NS(=O)(=O)c1cccc2ccccc12)C(=O)NCc1ccc(C(=N)N)cc1. The fourth-order valence-corrected chi connectivity index (χ4v) is 4.79. The number of carbonyl (C=O) groups excluding carboxylic acids is 2. The topological polar surface area (TPSA) is 174 Å². The Balaban J connectivity index is 1.61. The predicted octanol–water partition coefficient (Wildman–Crippen LogP) is 0.584. The summed E-state index contributed by atoms with van der Waals surface area (Å²) in [7, 11) is -4.15. The summed E-state index contributed by atoms with van der Waals surface area (Å²) >= 11 is 0. The smallest absolute Gasteiger partial charge is 0.242 e. The minimum Gasteiger partial charge on any atom is -0.394 e. The Hall–Kier alpha value is -3.80. The summed E-state index contributed by atoms with van der Waals surface area (Å²) in [6.45, 7) is 0.820. The van der Waals surface area contributed by atoms with Crippen LogP contribution in [0.5, 0.6) is 0 Å². The first-order chi connectivity index (χ1) is 16.6. The second-order valence-electron chi connectivity index (χ2n) is 7.89. The van der Waals surface area contributed by atoms with Gasteiger partial charge < -0.3 is 21.5 Å². The number of rotatable bonds is 10. The number of hydrogen-bond acceptors (Lipinski definition) is 6. The lowest BCUT2D eigenvalue weighted by Crippen LogP contribution is -2.53. The van der Waals surface area contributed by atoms with Crippen LogP contribution in [0.2, 0.25) is 0 Å². The summed E-state index contributed by atoms with van der Waals surface area (Å²) in [6, 6.07) is 15.9. The van der Waals surface area contributed by atoms with E-state index in [9.17, 15) is 23.1 Å². The lowest BCUT2D eigenvalue weighted by atomic mass is 10.1. The predicted molar refractivity (Wildman–Crippen MR) is 132 cm³/mol. The van der Waals surface area contributed by atoms with Crippen molar-refractivity contribution in [3.63, 3.8) is 0 Å². The molecule has 0 aromatic heterocycles. The Morgan fingerprint density at radius 3 is 2.31 bits per heavy atom. The number of benzene rings is 3. The third-order valence-corrected chi connectivity index (χ3v) is 6.85. The van der Waals surface area contributed by atoms with Crippen molar-refractivity contribution in [3.8, 4) is 0 Å². The van der Waals surface area contributed by atoms with E-state index in [4.69, 9.17) is 11.1 Å². The maximum atomic E-state index is 13.0. The van der Waals surface area contributed by atoms with E-state index in [0.717, 1.165) is 5.56 Å². The Kier molecular flexibility index (Phi) is 8.18. The van der Waals surface area contributed by atoms with Crippen molar-refractivity contribution in [2.45, 2.75) is 30.4 Å².